The lowest BCUT2D eigenvalue weighted by molar-refractivity contribution is 0.626. The molecule has 2 aromatic carbocycles. The molecule has 0 bridgehead atoms. The fourth-order valence-corrected chi connectivity index (χ4v) is 3.62. The van der Waals surface area contributed by atoms with E-state index in [1.54, 1.807) is 12.1 Å². The molecule has 0 aliphatic carbocycles. The number of nitrogens with one attached hydrogen (secondary N) is 1. The predicted molar refractivity (Wildman–Crippen MR) is 80.1 cm³/mol. The van der Waals surface area contributed by atoms with Crippen LogP contribution in [0.1, 0.15) is 22.7 Å². The lowest BCUT2D eigenvalue weighted by Gasteiger charge is -2.27. The molecule has 1 aliphatic rings. The lowest BCUT2D eigenvalue weighted by Crippen LogP contribution is -2.18. The van der Waals surface area contributed by atoms with Crippen LogP contribution >= 0.6 is 11.8 Å². The predicted octanol–water partition coefficient (Wildman–Crippen LogP) is 4.53. The maximum Gasteiger partial charge on any atom is 0.125 e. The maximum atomic E-state index is 13.4. The van der Waals surface area contributed by atoms with Gasteiger partial charge in [0.1, 0.15) is 5.82 Å². The Morgan fingerprint density at radius 3 is 2.89 bits per heavy atom. The summed E-state index contributed by atoms with van der Waals surface area (Å²) in [5.41, 5.74) is 4.52. The minimum Gasteiger partial charge on any atom is -0.377 e. The molecule has 1 atom stereocenters. The smallest absolute Gasteiger partial charge is 0.125 e. The third-order valence-electron chi connectivity index (χ3n) is 3.36. The molecular formula is C16H16FNS. The summed E-state index contributed by atoms with van der Waals surface area (Å²) >= 11 is 1.92. The fraction of sp³-hybridized carbons (Fsp3) is 0.250. The van der Waals surface area contributed by atoms with E-state index in [2.05, 4.69) is 29.6 Å². The molecule has 0 amide bonds. The number of fused-ring (bicyclic) bond motifs is 1. The lowest BCUT2D eigenvalue weighted by atomic mass is 10.0. The molecular weight excluding hydrogens is 257 g/mol. The summed E-state index contributed by atoms with van der Waals surface area (Å²) in [6, 6.07) is 13.9. The second kappa shape index (κ2) is 5.25. The summed E-state index contributed by atoms with van der Waals surface area (Å²) in [5.74, 6) is 1.91. The monoisotopic (exact) mass is 273 g/mol. The van der Waals surface area contributed by atoms with Crippen molar-refractivity contribution >= 4 is 17.4 Å². The topological polar surface area (TPSA) is 12.0 Å². The van der Waals surface area contributed by atoms with Crippen molar-refractivity contribution in [2.75, 3.05) is 11.1 Å². The minimum atomic E-state index is -0.181. The Morgan fingerprint density at radius 1 is 1.21 bits per heavy atom. The van der Waals surface area contributed by atoms with Crippen LogP contribution < -0.4 is 5.32 Å². The Bertz CT molecular complexity index is 577. The number of aryl methyl sites for hydroxylation is 1. The van der Waals surface area contributed by atoms with E-state index in [1.165, 1.54) is 11.1 Å². The van der Waals surface area contributed by atoms with E-state index in [0.29, 0.717) is 0 Å². The van der Waals surface area contributed by atoms with Gasteiger partial charge in [0.25, 0.3) is 0 Å². The maximum absolute atomic E-state index is 13.4. The van der Waals surface area contributed by atoms with Gasteiger partial charge in [-0.15, -0.1) is 0 Å². The van der Waals surface area contributed by atoms with E-state index >= 15 is 0 Å². The van der Waals surface area contributed by atoms with Crippen LogP contribution in [0.3, 0.4) is 0 Å². The van der Waals surface area contributed by atoms with Crippen LogP contribution in [0.4, 0.5) is 10.1 Å². The molecule has 0 saturated carbocycles. The van der Waals surface area contributed by atoms with Crippen molar-refractivity contribution < 1.29 is 4.39 Å². The second-order valence-corrected chi connectivity index (χ2v) is 5.96. The van der Waals surface area contributed by atoms with Gasteiger partial charge in [-0.1, -0.05) is 24.3 Å². The number of halogens is 1. The van der Waals surface area contributed by atoms with Crippen molar-refractivity contribution in [3.8, 4) is 0 Å². The zero-order valence-corrected chi connectivity index (χ0v) is 11.6. The fourth-order valence-electron chi connectivity index (χ4n) is 2.52. The van der Waals surface area contributed by atoms with Crippen LogP contribution in [0.5, 0.6) is 0 Å². The van der Waals surface area contributed by atoms with Crippen molar-refractivity contribution in [3.63, 3.8) is 0 Å². The number of hydrogen-bond acceptors (Lipinski definition) is 2. The Balaban J connectivity index is 1.88. The van der Waals surface area contributed by atoms with Gasteiger partial charge in [-0.05, 0) is 41.8 Å². The van der Waals surface area contributed by atoms with E-state index in [4.69, 9.17) is 0 Å². The SMILES string of the molecule is Cc1cc(F)cc(NC2CSCc3ccccc32)c1. The van der Waals surface area contributed by atoms with Crippen molar-refractivity contribution in [1.29, 1.82) is 0 Å². The summed E-state index contributed by atoms with van der Waals surface area (Å²) < 4.78 is 13.4. The molecule has 1 nitrogen and oxygen atoms in total. The Labute approximate surface area is 117 Å². The van der Waals surface area contributed by atoms with Crippen LogP contribution in [-0.4, -0.2) is 5.75 Å². The van der Waals surface area contributed by atoms with Crippen LogP contribution in [0.25, 0.3) is 0 Å². The minimum absolute atomic E-state index is 0.181. The molecule has 0 spiro atoms. The van der Waals surface area contributed by atoms with E-state index < -0.39 is 0 Å². The highest BCUT2D eigenvalue weighted by atomic mass is 32.2. The van der Waals surface area contributed by atoms with Gasteiger partial charge in [-0.2, -0.15) is 11.8 Å². The van der Waals surface area contributed by atoms with E-state index in [-0.39, 0.29) is 11.9 Å². The average Bonchev–Trinajstić information content (AvgIpc) is 2.38. The molecule has 3 rings (SSSR count). The van der Waals surface area contributed by atoms with Crippen molar-refractivity contribution in [2.24, 2.45) is 0 Å². The third-order valence-corrected chi connectivity index (χ3v) is 4.44. The van der Waals surface area contributed by atoms with Gasteiger partial charge in [0, 0.05) is 17.2 Å². The van der Waals surface area contributed by atoms with Crippen LogP contribution in [0.2, 0.25) is 0 Å². The van der Waals surface area contributed by atoms with Crippen molar-refractivity contribution in [1.82, 2.24) is 0 Å². The van der Waals surface area contributed by atoms with Gasteiger partial charge in [0.2, 0.25) is 0 Å². The highest BCUT2D eigenvalue weighted by Gasteiger charge is 2.19. The molecule has 1 N–H and O–H groups in total. The Morgan fingerprint density at radius 2 is 2.05 bits per heavy atom. The first-order valence-corrected chi connectivity index (χ1v) is 7.57. The zero-order valence-electron chi connectivity index (χ0n) is 10.8. The summed E-state index contributed by atoms with van der Waals surface area (Å²) in [6.07, 6.45) is 0. The van der Waals surface area contributed by atoms with Gasteiger partial charge < -0.3 is 5.32 Å². The molecule has 2 aromatic rings. The summed E-state index contributed by atoms with van der Waals surface area (Å²) in [7, 11) is 0. The van der Waals surface area contributed by atoms with Gasteiger partial charge in [-0.25, -0.2) is 4.39 Å². The molecule has 1 unspecified atom stereocenters. The molecule has 0 radical (unpaired) electrons. The van der Waals surface area contributed by atoms with Crippen LogP contribution in [0.15, 0.2) is 42.5 Å². The van der Waals surface area contributed by atoms with Gasteiger partial charge in [0.05, 0.1) is 6.04 Å². The van der Waals surface area contributed by atoms with E-state index in [0.717, 1.165) is 22.8 Å². The normalized spacial score (nSPS) is 17.9. The molecule has 0 fully saturated rings. The zero-order chi connectivity index (χ0) is 13.2. The number of rotatable bonds is 2. The van der Waals surface area contributed by atoms with E-state index in [1.807, 2.05) is 24.8 Å². The van der Waals surface area contributed by atoms with Crippen molar-refractivity contribution in [3.05, 3.63) is 65.0 Å². The van der Waals surface area contributed by atoms with E-state index in [9.17, 15) is 4.39 Å². The molecule has 0 aromatic heterocycles. The summed E-state index contributed by atoms with van der Waals surface area (Å²) in [6.45, 7) is 1.91. The van der Waals surface area contributed by atoms with Crippen LogP contribution in [0, 0.1) is 12.7 Å². The molecule has 19 heavy (non-hydrogen) atoms. The first-order valence-electron chi connectivity index (χ1n) is 6.41. The number of thioether (sulfide) groups is 1. The molecule has 3 heteroatoms. The molecule has 98 valence electrons. The average molecular weight is 273 g/mol. The second-order valence-electron chi connectivity index (χ2n) is 4.93. The van der Waals surface area contributed by atoms with Crippen LogP contribution in [-0.2, 0) is 5.75 Å². The molecule has 1 aliphatic heterocycles. The Hall–Kier alpha value is -1.48. The summed E-state index contributed by atoms with van der Waals surface area (Å²) in [4.78, 5) is 0. The standard InChI is InChI=1S/C16H16FNS/c1-11-6-13(17)8-14(7-11)18-16-10-19-9-12-4-2-3-5-15(12)16/h2-8,16,18H,9-10H2,1H3. The quantitative estimate of drug-likeness (QED) is 0.862. The first-order chi connectivity index (χ1) is 9.22. The van der Waals surface area contributed by atoms with Gasteiger partial charge >= 0.3 is 0 Å². The van der Waals surface area contributed by atoms with Gasteiger partial charge in [0.15, 0.2) is 0 Å². The highest BCUT2D eigenvalue weighted by molar-refractivity contribution is 7.98. The summed E-state index contributed by atoms with van der Waals surface area (Å²) in [5, 5.41) is 3.46. The molecule has 0 saturated heterocycles. The first kappa shape index (κ1) is 12.5. The van der Waals surface area contributed by atoms with Gasteiger partial charge in [-0.3, -0.25) is 0 Å². The number of anilines is 1. The number of hydrogen-bond donors (Lipinski definition) is 1. The Kier molecular flexibility index (Phi) is 3.47. The largest absolute Gasteiger partial charge is 0.377 e. The highest BCUT2D eigenvalue weighted by Crippen LogP contribution is 2.33. The van der Waals surface area contributed by atoms with Crippen molar-refractivity contribution in [2.45, 2.75) is 18.7 Å². The molecule has 1 heterocycles. The number of benzene rings is 2. The third kappa shape index (κ3) is 2.76.